The molecule has 0 aliphatic heterocycles. The highest BCUT2D eigenvalue weighted by Crippen LogP contribution is 2.36. The van der Waals surface area contributed by atoms with Crippen LogP contribution in [0.5, 0.6) is 0 Å². The Hall–Kier alpha value is -3.33. The summed E-state index contributed by atoms with van der Waals surface area (Å²) >= 11 is 0.725. The molecule has 0 unspecified atom stereocenters. The molecule has 3 aromatic rings. The van der Waals surface area contributed by atoms with E-state index in [1.54, 1.807) is 17.6 Å². The first-order chi connectivity index (χ1) is 16.5. The number of alkyl halides is 6. The van der Waals surface area contributed by atoms with E-state index in [2.05, 4.69) is 0 Å². The number of halogens is 6. The van der Waals surface area contributed by atoms with E-state index in [1.165, 1.54) is 36.2 Å². The Morgan fingerprint density at radius 1 is 0.889 bits per heavy atom. The Balaban J connectivity index is 1.92. The molecule has 2 amide bonds. The molecule has 0 saturated carbocycles. The average Bonchev–Trinajstić information content (AvgIpc) is 3.45. The molecule has 0 fully saturated rings. The number of rotatable bonds is 5. The van der Waals surface area contributed by atoms with Crippen LogP contribution >= 0.6 is 11.3 Å². The van der Waals surface area contributed by atoms with Gasteiger partial charge in [-0.05, 0) is 44.2 Å². The molecule has 0 aliphatic carbocycles. The van der Waals surface area contributed by atoms with Crippen molar-refractivity contribution in [1.82, 2.24) is 15.4 Å². The van der Waals surface area contributed by atoms with E-state index in [0.717, 1.165) is 11.3 Å². The first-order valence-corrected chi connectivity index (χ1v) is 12.3. The second-order valence-electron chi connectivity index (χ2n) is 7.66. The summed E-state index contributed by atoms with van der Waals surface area (Å²) in [6.45, 7) is 2.88. The van der Waals surface area contributed by atoms with E-state index in [0.29, 0.717) is 0 Å². The molecule has 194 valence electrons. The van der Waals surface area contributed by atoms with E-state index in [1.807, 2.05) is 5.43 Å². The van der Waals surface area contributed by atoms with Gasteiger partial charge in [0.05, 0.1) is 22.1 Å². The van der Waals surface area contributed by atoms with Gasteiger partial charge in [0.1, 0.15) is 9.77 Å². The van der Waals surface area contributed by atoms with Crippen LogP contribution in [0, 0.1) is 0 Å². The molecule has 0 radical (unpaired) electrons. The molecule has 0 bridgehead atoms. The van der Waals surface area contributed by atoms with Gasteiger partial charge in [-0.15, -0.1) is 11.3 Å². The van der Waals surface area contributed by atoms with Crippen molar-refractivity contribution in [2.24, 2.45) is 0 Å². The third-order valence-electron chi connectivity index (χ3n) is 4.87. The summed E-state index contributed by atoms with van der Waals surface area (Å²) in [7, 11) is -3.85. The number of hydrogen-bond donors (Lipinski definition) is 2. The molecule has 7 nitrogen and oxygen atoms in total. The van der Waals surface area contributed by atoms with Gasteiger partial charge in [-0.1, -0.05) is 0 Å². The normalized spacial score (nSPS) is 12.6. The van der Waals surface area contributed by atoms with Crippen molar-refractivity contribution in [2.75, 3.05) is 0 Å². The van der Waals surface area contributed by atoms with E-state index < -0.39 is 55.9 Å². The summed E-state index contributed by atoms with van der Waals surface area (Å²) in [6, 6.07) is 3.42. The molecular formula is C21H17F6N3O4S2. The summed E-state index contributed by atoms with van der Waals surface area (Å²) in [5.41, 5.74) is -0.749. The summed E-state index contributed by atoms with van der Waals surface area (Å²) in [6.07, 6.45) is -7.39. The van der Waals surface area contributed by atoms with Gasteiger partial charge >= 0.3 is 12.4 Å². The topological polar surface area (TPSA) is 97.3 Å². The second-order valence-corrected chi connectivity index (χ2v) is 11.0. The largest absolute Gasteiger partial charge is 0.416 e. The van der Waals surface area contributed by atoms with Crippen LogP contribution in [0.15, 0.2) is 53.0 Å². The van der Waals surface area contributed by atoms with Gasteiger partial charge in [0, 0.05) is 23.3 Å². The monoisotopic (exact) mass is 553 g/mol. The van der Waals surface area contributed by atoms with Crippen molar-refractivity contribution in [1.29, 1.82) is 0 Å². The van der Waals surface area contributed by atoms with Crippen molar-refractivity contribution >= 4 is 33.0 Å². The van der Waals surface area contributed by atoms with E-state index in [-0.39, 0.29) is 33.7 Å². The predicted octanol–water partition coefficient (Wildman–Crippen LogP) is 4.83. The van der Waals surface area contributed by atoms with Crippen LogP contribution in [0.4, 0.5) is 26.3 Å². The molecule has 2 heterocycles. The number of sulfone groups is 1. The number of amides is 2. The highest BCUT2D eigenvalue weighted by molar-refractivity contribution is 7.92. The lowest BCUT2D eigenvalue weighted by atomic mass is 10.0. The summed E-state index contributed by atoms with van der Waals surface area (Å²) in [5.74, 6) is -2.49. The zero-order chi connectivity index (χ0) is 27.1. The highest BCUT2D eigenvalue weighted by Gasteiger charge is 2.37. The second kappa shape index (κ2) is 9.61. The van der Waals surface area contributed by atoms with Crippen LogP contribution in [-0.4, -0.2) is 30.0 Å². The number of hydrazine groups is 1. The van der Waals surface area contributed by atoms with Gasteiger partial charge in [-0.2, -0.15) is 26.3 Å². The fourth-order valence-corrected chi connectivity index (χ4v) is 5.56. The van der Waals surface area contributed by atoms with Crippen LogP contribution in [0.3, 0.4) is 0 Å². The average molecular weight is 554 g/mol. The number of carbonyl (C=O) groups excluding carboxylic acids is 2. The quantitative estimate of drug-likeness (QED) is 0.349. The van der Waals surface area contributed by atoms with Gasteiger partial charge < -0.3 is 4.57 Å². The number of carbonyl (C=O) groups is 2. The summed E-state index contributed by atoms with van der Waals surface area (Å²) in [5, 5.41) is 0.393. The fourth-order valence-electron chi connectivity index (χ4n) is 3.01. The zero-order valence-corrected chi connectivity index (χ0v) is 20.0. The fraction of sp³-hybridized carbons (Fsp3) is 0.238. The Labute approximate surface area is 204 Å². The molecule has 3 rings (SSSR count). The molecule has 0 aliphatic rings. The van der Waals surface area contributed by atoms with Crippen LogP contribution in [0.25, 0.3) is 5.69 Å². The molecule has 2 aromatic heterocycles. The number of nitrogens with one attached hydrogen (secondary N) is 2. The minimum Gasteiger partial charge on any atom is -0.321 e. The number of aromatic nitrogens is 1. The van der Waals surface area contributed by atoms with Crippen LogP contribution in [-0.2, 0) is 22.2 Å². The van der Waals surface area contributed by atoms with Gasteiger partial charge in [-0.25, -0.2) is 8.42 Å². The van der Waals surface area contributed by atoms with Gasteiger partial charge in [-0.3, -0.25) is 20.4 Å². The van der Waals surface area contributed by atoms with E-state index in [9.17, 15) is 44.3 Å². The zero-order valence-electron chi connectivity index (χ0n) is 18.4. The minimum atomic E-state index is -5.17. The van der Waals surface area contributed by atoms with Gasteiger partial charge in [0.15, 0.2) is 9.84 Å². The van der Waals surface area contributed by atoms with Crippen molar-refractivity contribution in [3.63, 3.8) is 0 Å². The molecule has 2 N–H and O–H groups in total. The number of hydrogen-bond acceptors (Lipinski definition) is 5. The van der Waals surface area contributed by atoms with Crippen molar-refractivity contribution < 1.29 is 44.3 Å². The first kappa shape index (κ1) is 27.3. The van der Waals surface area contributed by atoms with Crippen LogP contribution < -0.4 is 10.9 Å². The first-order valence-electron chi connectivity index (χ1n) is 9.92. The van der Waals surface area contributed by atoms with Crippen molar-refractivity contribution in [3.8, 4) is 5.69 Å². The Kier molecular flexibility index (Phi) is 7.28. The molecular weight excluding hydrogens is 536 g/mol. The molecule has 1 aromatic carbocycles. The lowest BCUT2D eigenvalue weighted by molar-refractivity contribution is -0.143. The molecule has 0 spiro atoms. The van der Waals surface area contributed by atoms with Crippen molar-refractivity contribution in [2.45, 2.75) is 36.3 Å². The maximum Gasteiger partial charge on any atom is 0.416 e. The number of benzene rings is 1. The Morgan fingerprint density at radius 3 is 1.86 bits per heavy atom. The Morgan fingerprint density at radius 2 is 1.39 bits per heavy atom. The third kappa shape index (κ3) is 5.56. The molecule has 0 atom stereocenters. The minimum absolute atomic E-state index is 0.0242. The van der Waals surface area contributed by atoms with E-state index in [4.69, 9.17) is 0 Å². The van der Waals surface area contributed by atoms with E-state index >= 15 is 0 Å². The third-order valence-corrected chi connectivity index (χ3v) is 8.15. The number of nitrogens with zero attached hydrogens (tertiary/aromatic N) is 1. The lowest BCUT2D eigenvalue weighted by Crippen LogP contribution is -2.41. The molecule has 15 heteroatoms. The SMILES string of the molecule is CC(C)S(=O)(=O)c1csc(C(=O)NNC(=O)c2cc(C(F)(F)F)cc(C(F)(F)F)c2)c1-n1cccc1. The highest BCUT2D eigenvalue weighted by atomic mass is 32.2. The van der Waals surface area contributed by atoms with Crippen LogP contribution in [0.1, 0.15) is 45.0 Å². The lowest BCUT2D eigenvalue weighted by Gasteiger charge is -2.15. The standard InChI is InChI=1S/C21H17F6N3O4S2/c1-11(2)36(33,34)15-10-35-17(16(15)30-5-3-4-6-30)19(32)29-28-18(31)12-7-13(20(22,23)24)9-14(8-12)21(25,26)27/h3-11H,1-2H3,(H,28,31)(H,29,32). The maximum atomic E-state index is 13.1. The van der Waals surface area contributed by atoms with Gasteiger partial charge in [0.2, 0.25) is 0 Å². The Bertz CT molecular complexity index is 1360. The summed E-state index contributed by atoms with van der Waals surface area (Å²) in [4.78, 5) is 24.8. The molecule has 36 heavy (non-hydrogen) atoms. The summed E-state index contributed by atoms with van der Waals surface area (Å²) < 4.78 is 105. The molecule has 0 saturated heterocycles. The van der Waals surface area contributed by atoms with Gasteiger partial charge in [0.25, 0.3) is 11.8 Å². The maximum absolute atomic E-state index is 13.1. The number of thiophene rings is 1. The van der Waals surface area contributed by atoms with Crippen LogP contribution in [0.2, 0.25) is 0 Å². The van der Waals surface area contributed by atoms with Crippen molar-refractivity contribution in [3.05, 3.63) is 69.7 Å². The smallest absolute Gasteiger partial charge is 0.321 e. The predicted molar refractivity (Wildman–Crippen MR) is 117 cm³/mol.